The standard InChI is InChI=1S/C26H24F3N3O2/c1-25-13-16-14-31-32(19-5-3-18(27)4-6-19)21(16)12-17(25)9-11-26(25,34)10-8-15-2-7-20(28)23(29)22(15)24(30)33/h2-7,12,14,34H,8-11,13H2,1H3,(H2,30,33)/t25-,26-/m0/s1. The lowest BCUT2D eigenvalue weighted by molar-refractivity contribution is -0.0462. The zero-order chi connectivity index (χ0) is 24.3. The van der Waals surface area contributed by atoms with Gasteiger partial charge in [-0.3, -0.25) is 4.79 Å². The largest absolute Gasteiger partial charge is 0.389 e. The molecule has 0 aliphatic heterocycles. The number of primary amides is 1. The van der Waals surface area contributed by atoms with Crippen molar-refractivity contribution >= 4 is 12.0 Å². The van der Waals surface area contributed by atoms with Crippen LogP contribution in [0.15, 0.2) is 48.2 Å². The van der Waals surface area contributed by atoms with Gasteiger partial charge in [-0.1, -0.05) is 18.6 Å². The number of carbonyl (C=O) groups excluding carboxylic acids is 1. The van der Waals surface area contributed by atoms with E-state index in [1.165, 1.54) is 18.2 Å². The number of fused-ring (bicyclic) bond motifs is 2. The lowest BCUT2D eigenvalue weighted by Crippen LogP contribution is -2.45. The molecule has 1 aromatic heterocycles. The molecular weight excluding hydrogens is 443 g/mol. The van der Waals surface area contributed by atoms with Crippen molar-refractivity contribution in [2.75, 3.05) is 0 Å². The Balaban J connectivity index is 1.44. The smallest absolute Gasteiger partial charge is 0.252 e. The number of aliphatic hydroxyl groups is 1. The molecule has 2 aromatic carbocycles. The van der Waals surface area contributed by atoms with E-state index in [4.69, 9.17) is 5.73 Å². The summed E-state index contributed by atoms with van der Waals surface area (Å²) in [5, 5.41) is 16.2. The number of amides is 1. The third kappa shape index (κ3) is 3.36. The molecule has 176 valence electrons. The molecule has 0 unspecified atom stereocenters. The summed E-state index contributed by atoms with van der Waals surface area (Å²) in [4.78, 5) is 11.8. The molecule has 8 heteroatoms. The number of carbonyl (C=O) groups is 1. The predicted octanol–water partition coefficient (Wildman–Crippen LogP) is 4.49. The number of halogens is 3. The molecule has 1 saturated carbocycles. The van der Waals surface area contributed by atoms with Gasteiger partial charge in [0.25, 0.3) is 5.91 Å². The fraction of sp³-hybridized carbons (Fsp3) is 0.308. The van der Waals surface area contributed by atoms with E-state index in [2.05, 4.69) is 5.10 Å². The van der Waals surface area contributed by atoms with Gasteiger partial charge in [0, 0.05) is 5.41 Å². The lowest BCUT2D eigenvalue weighted by atomic mass is 9.65. The van der Waals surface area contributed by atoms with Gasteiger partial charge in [-0.05, 0) is 79.6 Å². The van der Waals surface area contributed by atoms with Gasteiger partial charge < -0.3 is 10.8 Å². The highest BCUT2D eigenvalue weighted by Crippen LogP contribution is 2.56. The first-order valence-corrected chi connectivity index (χ1v) is 11.2. The summed E-state index contributed by atoms with van der Waals surface area (Å²) >= 11 is 0. The predicted molar refractivity (Wildman–Crippen MR) is 121 cm³/mol. The summed E-state index contributed by atoms with van der Waals surface area (Å²) in [7, 11) is 0. The number of aromatic nitrogens is 2. The molecule has 2 aliphatic rings. The fourth-order valence-corrected chi connectivity index (χ4v) is 5.53. The monoisotopic (exact) mass is 467 g/mol. The molecule has 5 rings (SSSR count). The number of rotatable bonds is 5. The van der Waals surface area contributed by atoms with Crippen molar-refractivity contribution in [3.05, 3.63) is 88.0 Å². The van der Waals surface area contributed by atoms with Crippen LogP contribution in [-0.2, 0) is 12.8 Å². The van der Waals surface area contributed by atoms with Crippen molar-refractivity contribution in [3.8, 4) is 5.69 Å². The van der Waals surface area contributed by atoms with Gasteiger partial charge in [-0.2, -0.15) is 5.10 Å². The molecule has 2 aliphatic carbocycles. The fourth-order valence-electron chi connectivity index (χ4n) is 5.53. The van der Waals surface area contributed by atoms with Crippen molar-refractivity contribution in [1.29, 1.82) is 0 Å². The van der Waals surface area contributed by atoms with Gasteiger partial charge in [0.1, 0.15) is 5.82 Å². The summed E-state index contributed by atoms with van der Waals surface area (Å²) in [6, 6.07) is 8.42. The van der Waals surface area contributed by atoms with Crippen LogP contribution in [0.2, 0.25) is 0 Å². The maximum atomic E-state index is 14.2. The summed E-state index contributed by atoms with van der Waals surface area (Å²) in [5.74, 6) is -3.75. The molecule has 1 amide bonds. The van der Waals surface area contributed by atoms with E-state index >= 15 is 0 Å². The molecule has 0 radical (unpaired) electrons. The average Bonchev–Trinajstić information content (AvgIpc) is 3.31. The lowest BCUT2D eigenvalue weighted by Gasteiger charge is -2.42. The van der Waals surface area contributed by atoms with Crippen LogP contribution in [0.25, 0.3) is 11.8 Å². The van der Waals surface area contributed by atoms with Gasteiger partial charge in [0.05, 0.1) is 28.7 Å². The Hall–Kier alpha value is -3.39. The van der Waals surface area contributed by atoms with Gasteiger partial charge >= 0.3 is 0 Å². The quantitative estimate of drug-likeness (QED) is 0.580. The van der Waals surface area contributed by atoms with Crippen molar-refractivity contribution in [2.45, 2.75) is 44.6 Å². The maximum Gasteiger partial charge on any atom is 0.252 e. The maximum absolute atomic E-state index is 14.2. The van der Waals surface area contributed by atoms with E-state index in [0.29, 0.717) is 19.3 Å². The number of benzene rings is 2. The van der Waals surface area contributed by atoms with Crippen molar-refractivity contribution in [1.82, 2.24) is 9.78 Å². The Bertz CT molecular complexity index is 1330. The number of nitrogens with zero attached hydrogens (tertiary/aromatic N) is 2. The van der Waals surface area contributed by atoms with Gasteiger partial charge in [0.2, 0.25) is 0 Å². The Morgan fingerprint density at radius 3 is 2.62 bits per heavy atom. The Kier molecular flexibility index (Phi) is 5.16. The third-order valence-electron chi connectivity index (χ3n) is 7.59. The highest BCUT2D eigenvalue weighted by atomic mass is 19.2. The summed E-state index contributed by atoms with van der Waals surface area (Å²) in [6.07, 6.45) is 5.95. The van der Waals surface area contributed by atoms with E-state index < -0.39 is 34.1 Å². The SMILES string of the molecule is C[C@]12Cc3cnn(-c4ccc(F)cc4)c3C=C1CC[C@@]2(O)CCc1ccc(F)c(F)c1C(N)=O. The number of hydrogen-bond acceptors (Lipinski definition) is 3. The Morgan fingerprint density at radius 1 is 1.18 bits per heavy atom. The van der Waals surface area contributed by atoms with Crippen LogP contribution in [0.5, 0.6) is 0 Å². The minimum Gasteiger partial charge on any atom is -0.389 e. The van der Waals surface area contributed by atoms with E-state index in [1.54, 1.807) is 23.0 Å². The molecule has 0 bridgehead atoms. The van der Waals surface area contributed by atoms with Crippen LogP contribution in [0.4, 0.5) is 13.2 Å². The average molecular weight is 467 g/mol. The third-order valence-corrected chi connectivity index (χ3v) is 7.59. The van der Waals surface area contributed by atoms with E-state index in [1.807, 2.05) is 13.0 Å². The first-order valence-electron chi connectivity index (χ1n) is 11.2. The molecule has 3 N–H and O–H groups in total. The van der Waals surface area contributed by atoms with E-state index in [0.717, 1.165) is 28.6 Å². The van der Waals surface area contributed by atoms with Crippen LogP contribution in [0.3, 0.4) is 0 Å². The van der Waals surface area contributed by atoms with Gasteiger partial charge in [-0.25, -0.2) is 17.9 Å². The summed E-state index contributed by atoms with van der Waals surface area (Å²) in [5.41, 5.74) is 7.10. The van der Waals surface area contributed by atoms with Crippen LogP contribution >= 0.6 is 0 Å². The van der Waals surface area contributed by atoms with Gasteiger partial charge in [-0.15, -0.1) is 0 Å². The zero-order valence-electron chi connectivity index (χ0n) is 18.6. The zero-order valence-corrected chi connectivity index (χ0v) is 18.6. The van der Waals surface area contributed by atoms with Crippen molar-refractivity contribution in [2.24, 2.45) is 11.1 Å². The van der Waals surface area contributed by atoms with E-state index in [-0.39, 0.29) is 24.2 Å². The molecule has 0 spiro atoms. The van der Waals surface area contributed by atoms with Crippen LogP contribution in [0, 0.1) is 22.9 Å². The second-order valence-corrected chi connectivity index (χ2v) is 9.41. The number of hydrogen-bond donors (Lipinski definition) is 2. The van der Waals surface area contributed by atoms with Crippen LogP contribution < -0.4 is 5.73 Å². The van der Waals surface area contributed by atoms with Crippen molar-refractivity contribution in [3.63, 3.8) is 0 Å². The topological polar surface area (TPSA) is 81.1 Å². The first-order chi connectivity index (χ1) is 16.1. The minimum atomic E-state index is -1.26. The van der Waals surface area contributed by atoms with E-state index in [9.17, 15) is 23.1 Å². The summed E-state index contributed by atoms with van der Waals surface area (Å²) in [6.45, 7) is 2.00. The minimum absolute atomic E-state index is 0.177. The number of aryl methyl sites for hydroxylation is 1. The molecule has 1 heterocycles. The molecule has 1 fully saturated rings. The molecular formula is C26H24F3N3O2. The second kappa shape index (κ2) is 7.84. The second-order valence-electron chi connectivity index (χ2n) is 9.41. The molecule has 34 heavy (non-hydrogen) atoms. The molecule has 2 atom stereocenters. The van der Waals surface area contributed by atoms with Crippen LogP contribution in [0.1, 0.15) is 53.4 Å². The normalized spacial score (nSPS) is 23.4. The molecule has 3 aromatic rings. The Labute approximate surface area is 194 Å². The highest BCUT2D eigenvalue weighted by molar-refractivity contribution is 5.94. The summed E-state index contributed by atoms with van der Waals surface area (Å²) < 4.78 is 43.0. The number of nitrogens with two attached hydrogens (primary N) is 1. The van der Waals surface area contributed by atoms with Gasteiger partial charge in [0.15, 0.2) is 11.6 Å². The van der Waals surface area contributed by atoms with Crippen LogP contribution in [-0.4, -0.2) is 26.4 Å². The van der Waals surface area contributed by atoms with Crippen molar-refractivity contribution < 1.29 is 23.1 Å². The first kappa shape index (κ1) is 22.4. The Morgan fingerprint density at radius 2 is 1.91 bits per heavy atom. The highest BCUT2D eigenvalue weighted by Gasteiger charge is 2.54. The molecule has 0 saturated heterocycles. The molecule has 5 nitrogen and oxygen atoms in total.